The maximum atomic E-state index is 13.0. The summed E-state index contributed by atoms with van der Waals surface area (Å²) in [6, 6.07) is 11.1. The summed E-state index contributed by atoms with van der Waals surface area (Å²) in [5.74, 6) is 2.30. The van der Waals surface area contributed by atoms with Gasteiger partial charge < -0.3 is 4.90 Å². The molecule has 0 amide bonds. The summed E-state index contributed by atoms with van der Waals surface area (Å²) in [4.78, 5) is 6.62. The van der Waals surface area contributed by atoms with E-state index in [1.54, 1.807) is 22.6 Å². The van der Waals surface area contributed by atoms with Gasteiger partial charge in [0.25, 0.3) is 0 Å². The molecule has 1 fully saturated rings. The summed E-state index contributed by atoms with van der Waals surface area (Å²) < 4.78 is 29.4. The summed E-state index contributed by atoms with van der Waals surface area (Å²) in [6.07, 6.45) is 5.57. The van der Waals surface area contributed by atoms with Gasteiger partial charge in [0.15, 0.2) is 11.6 Å². The molecule has 0 radical (unpaired) electrons. The lowest BCUT2D eigenvalue weighted by molar-refractivity contribution is 0.383. The first-order valence-corrected chi connectivity index (χ1v) is 11.6. The van der Waals surface area contributed by atoms with E-state index in [9.17, 15) is 8.42 Å². The van der Waals surface area contributed by atoms with Crippen LogP contribution >= 0.6 is 0 Å². The van der Waals surface area contributed by atoms with Crippen LogP contribution in [-0.4, -0.2) is 58.7 Å². The second-order valence-electron chi connectivity index (χ2n) is 7.38. The number of hydrogen-bond donors (Lipinski definition) is 0. The Morgan fingerprint density at radius 1 is 0.933 bits per heavy atom. The van der Waals surface area contributed by atoms with Gasteiger partial charge in [0.05, 0.1) is 4.90 Å². The summed E-state index contributed by atoms with van der Waals surface area (Å²) in [6.45, 7) is 6.01. The van der Waals surface area contributed by atoms with Crippen LogP contribution in [0.2, 0.25) is 0 Å². The highest BCUT2D eigenvalue weighted by Gasteiger charge is 2.29. The van der Waals surface area contributed by atoms with Crippen LogP contribution in [0.5, 0.6) is 0 Å². The first-order valence-electron chi connectivity index (χ1n) is 10.2. The number of aromatic nitrogens is 4. The molecule has 8 nitrogen and oxygen atoms in total. The minimum atomic E-state index is -3.48. The van der Waals surface area contributed by atoms with Gasteiger partial charge in [-0.1, -0.05) is 25.5 Å². The molecule has 30 heavy (non-hydrogen) atoms. The number of rotatable bonds is 6. The van der Waals surface area contributed by atoms with Gasteiger partial charge in [-0.3, -0.25) is 4.57 Å². The Morgan fingerprint density at radius 2 is 1.60 bits per heavy atom. The number of aryl methyl sites for hydroxylation is 2. The number of sulfonamides is 1. The van der Waals surface area contributed by atoms with Gasteiger partial charge in [-0.15, -0.1) is 10.2 Å². The van der Waals surface area contributed by atoms with E-state index in [0.29, 0.717) is 36.9 Å². The molecule has 3 heterocycles. The van der Waals surface area contributed by atoms with Crippen molar-refractivity contribution in [2.24, 2.45) is 0 Å². The van der Waals surface area contributed by atoms with Crippen LogP contribution in [0.25, 0.3) is 5.82 Å². The zero-order chi connectivity index (χ0) is 21.1. The highest BCUT2D eigenvalue weighted by Crippen LogP contribution is 2.21. The zero-order valence-corrected chi connectivity index (χ0v) is 18.1. The van der Waals surface area contributed by atoms with Crippen molar-refractivity contribution < 1.29 is 8.42 Å². The molecule has 1 aromatic carbocycles. The average molecular weight is 427 g/mol. The number of nitrogens with zero attached hydrogens (tertiary/aromatic N) is 6. The van der Waals surface area contributed by atoms with E-state index in [0.717, 1.165) is 30.0 Å². The van der Waals surface area contributed by atoms with Crippen LogP contribution in [0.15, 0.2) is 53.7 Å². The van der Waals surface area contributed by atoms with E-state index in [4.69, 9.17) is 0 Å². The fourth-order valence-electron chi connectivity index (χ4n) is 3.66. The largest absolute Gasteiger partial charge is 0.352 e. The first kappa shape index (κ1) is 20.5. The molecule has 0 N–H and O–H groups in total. The number of benzene rings is 1. The van der Waals surface area contributed by atoms with Gasteiger partial charge >= 0.3 is 0 Å². The third-order valence-corrected chi connectivity index (χ3v) is 7.28. The molecule has 3 aromatic rings. The molecule has 2 aromatic heterocycles. The number of hydrogen-bond acceptors (Lipinski definition) is 6. The van der Waals surface area contributed by atoms with Crippen molar-refractivity contribution in [3.05, 3.63) is 60.2 Å². The Hall–Kier alpha value is -2.78. The second-order valence-corrected chi connectivity index (χ2v) is 9.32. The Labute approximate surface area is 177 Å². The van der Waals surface area contributed by atoms with Crippen LogP contribution in [0.1, 0.15) is 24.7 Å². The summed E-state index contributed by atoms with van der Waals surface area (Å²) in [7, 11) is -3.48. The van der Waals surface area contributed by atoms with Gasteiger partial charge in [-0.05, 0) is 43.2 Å². The van der Waals surface area contributed by atoms with Gasteiger partial charge in [-0.25, -0.2) is 13.4 Å². The zero-order valence-electron chi connectivity index (χ0n) is 17.3. The molecule has 158 valence electrons. The molecule has 1 saturated heterocycles. The maximum Gasteiger partial charge on any atom is 0.243 e. The second kappa shape index (κ2) is 8.53. The smallest absolute Gasteiger partial charge is 0.243 e. The van der Waals surface area contributed by atoms with Crippen molar-refractivity contribution in [2.45, 2.75) is 31.6 Å². The van der Waals surface area contributed by atoms with Crippen LogP contribution in [0.4, 0.5) is 5.82 Å². The summed E-state index contributed by atoms with van der Waals surface area (Å²) in [5, 5.41) is 8.63. The Balaban J connectivity index is 1.41. The van der Waals surface area contributed by atoms with E-state index < -0.39 is 10.0 Å². The summed E-state index contributed by atoms with van der Waals surface area (Å²) in [5.41, 5.74) is 1.16. The van der Waals surface area contributed by atoms with Gasteiger partial charge in [0.1, 0.15) is 5.82 Å². The molecule has 0 spiro atoms. The molecule has 0 aliphatic carbocycles. The van der Waals surface area contributed by atoms with E-state index in [1.165, 1.54) is 0 Å². The molecular weight excluding hydrogens is 400 g/mol. The lowest BCUT2D eigenvalue weighted by Gasteiger charge is -2.34. The number of imidazole rings is 1. The quantitative estimate of drug-likeness (QED) is 0.602. The third-order valence-electron chi connectivity index (χ3n) is 5.37. The topological polar surface area (TPSA) is 84.2 Å². The standard InChI is InChI=1S/C21H26N6O2S/c1-3-4-18-5-7-19(8-6-18)30(28,29)26-15-13-25(14-16-26)20-9-10-21(24-23-20)27-12-11-22-17(27)2/h5-12H,3-4,13-16H2,1-2H3. The minimum absolute atomic E-state index is 0.357. The van der Waals surface area contributed by atoms with Gasteiger partial charge in [0.2, 0.25) is 10.0 Å². The first-order chi connectivity index (χ1) is 14.5. The number of anilines is 1. The molecule has 0 unspecified atom stereocenters. The van der Waals surface area contributed by atoms with Crippen LogP contribution < -0.4 is 4.90 Å². The van der Waals surface area contributed by atoms with Crippen molar-refractivity contribution in [1.82, 2.24) is 24.1 Å². The molecule has 0 bridgehead atoms. The van der Waals surface area contributed by atoms with Crippen molar-refractivity contribution in [3.63, 3.8) is 0 Å². The summed E-state index contributed by atoms with van der Waals surface area (Å²) >= 11 is 0. The Kier molecular flexibility index (Phi) is 5.83. The fraction of sp³-hybridized carbons (Fsp3) is 0.381. The van der Waals surface area contributed by atoms with Crippen molar-refractivity contribution in [1.29, 1.82) is 0 Å². The minimum Gasteiger partial charge on any atom is -0.352 e. The highest BCUT2D eigenvalue weighted by molar-refractivity contribution is 7.89. The molecule has 9 heteroatoms. The third kappa shape index (κ3) is 4.08. The highest BCUT2D eigenvalue weighted by atomic mass is 32.2. The SMILES string of the molecule is CCCc1ccc(S(=O)(=O)N2CCN(c3ccc(-n4ccnc4C)nn3)CC2)cc1. The Morgan fingerprint density at radius 3 is 2.17 bits per heavy atom. The fourth-order valence-corrected chi connectivity index (χ4v) is 5.08. The lowest BCUT2D eigenvalue weighted by Crippen LogP contribution is -2.49. The van der Waals surface area contributed by atoms with E-state index in [2.05, 4.69) is 27.0 Å². The predicted molar refractivity (Wildman–Crippen MR) is 115 cm³/mol. The lowest BCUT2D eigenvalue weighted by atomic mass is 10.1. The van der Waals surface area contributed by atoms with E-state index in [-0.39, 0.29) is 0 Å². The van der Waals surface area contributed by atoms with Crippen molar-refractivity contribution in [3.8, 4) is 5.82 Å². The van der Waals surface area contributed by atoms with E-state index >= 15 is 0 Å². The monoisotopic (exact) mass is 426 g/mol. The maximum absolute atomic E-state index is 13.0. The molecular formula is C21H26N6O2S. The molecule has 1 aliphatic heterocycles. The normalized spacial score (nSPS) is 15.5. The van der Waals surface area contributed by atoms with Gasteiger partial charge in [-0.2, -0.15) is 4.31 Å². The molecule has 0 saturated carbocycles. The molecule has 0 atom stereocenters. The molecule has 4 rings (SSSR count). The van der Waals surface area contributed by atoms with Crippen molar-refractivity contribution in [2.75, 3.05) is 31.1 Å². The van der Waals surface area contributed by atoms with Crippen LogP contribution in [0.3, 0.4) is 0 Å². The van der Waals surface area contributed by atoms with Gasteiger partial charge in [0, 0.05) is 38.6 Å². The van der Waals surface area contributed by atoms with Crippen LogP contribution in [0, 0.1) is 6.92 Å². The average Bonchev–Trinajstić information content (AvgIpc) is 3.20. The number of piperazine rings is 1. The predicted octanol–water partition coefficient (Wildman–Crippen LogP) is 2.43. The Bertz CT molecular complexity index is 1090. The van der Waals surface area contributed by atoms with Crippen LogP contribution in [-0.2, 0) is 16.4 Å². The molecule has 1 aliphatic rings. The van der Waals surface area contributed by atoms with E-state index in [1.807, 2.05) is 42.0 Å². The van der Waals surface area contributed by atoms with Crippen molar-refractivity contribution >= 4 is 15.8 Å².